The van der Waals surface area contributed by atoms with Gasteiger partial charge in [0.05, 0.1) is 0 Å². The van der Waals surface area contributed by atoms with Gasteiger partial charge < -0.3 is 10.1 Å². The quantitative estimate of drug-likeness (QED) is 0.468. The van der Waals surface area contributed by atoms with Crippen molar-refractivity contribution in [2.24, 2.45) is 5.92 Å². The van der Waals surface area contributed by atoms with Crippen LogP contribution in [0.25, 0.3) is 5.69 Å². The zero-order valence-corrected chi connectivity index (χ0v) is 17.6. The van der Waals surface area contributed by atoms with Gasteiger partial charge in [-0.15, -0.1) is 0 Å². The fraction of sp³-hybridized carbons (Fsp3) is 0.261. The van der Waals surface area contributed by atoms with Gasteiger partial charge in [0, 0.05) is 24.4 Å². The van der Waals surface area contributed by atoms with Crippen molar-refractivity contribution in [1.29, 1.82) is 0 Å². The Morgan fingerprint density at radius 3 is 2.41 bits per heavy atom. The van der Waals surface area contributed by atoms with Crippen LogP contribution in [0.2, 0.25) is 5.02 Å². The summed E-state index contributed by atoms with van der Waals surface area (Å²) in [6.07, 6.45) is 3.45. The van der Waals surface area contributed by atoms with Gasteiger partial charge in [-0.3, -0.25) is 9.36 Å². The number of ether oxygens (including phenoxy) is 1. The van der Waals surface area contributed by atoms with Crippen LogP contribution in [0.5, 0.6) is 5.75 Å². The third-order valence-corrected chi connectivity index (χ3v) is 5.52. The van der Waals surface area contributed by atoms with Gasteiger partial charge >= 0.3 is 0 Å². The number of nitrogens with zero attached hydrogens (tertiary/aromatic N) is 1. The molecule has 4 nitrogen and oxygen atoms in total. The lowest BCUT2D eigenvalue weighted by molar-refractivity contribution is 0.298. The first-order chi connectivity index (χ1) is 15.3. The average molecular weight is 467 g/mol. The van der Waals surface area contributed by atoms with E-state index in [4.69, 9.17) is 16.3 Å². The van der Waals surface area contributed by atoms with Crippen LogP contribution in [0, 0.1) is 29.2 Å². The molecule has 1 aromatic heterocycles. The fourth-order valence-corrected chi connectivity index (χ4v) is 3.48. The average Bonchev–Trinajstić information content (AvgIpc) is 3.55. The SMILES string of the molecule is O=c1c(Cl)c(OCc2ccc(F)cc2F)ccn1-c1c(F)cc(CNCC2CC2)cc1F. The lowest BCUT2D eigenvalue weighted by Gasteiger charge is -2.14. The standard InChI is InChI=1S/C23H19ClF4N2O2/c24-21-20(32-12-15-3-4-16(25)9-17(15)26)5-6-30(23(21)31)22-18(27)7-14(8-19(22)28)11-29-10-13-1-2-13/h3-9,13,29H,1-2,10-12H2. The first-order valence-electron chi connectivity index (χ1n) is 10.0. The van der Waals surface area contributed by atoms with Crippen LogP contribution in [-0.4, -0.2) is 11.1 Å². The Hall–Kier alpha value is -2.84. The van der Waals surface area contributed by atoms with E-state index in [0.29, 0.717) is 24.1 Å². The summed E-state index contributed by atoms with van der Waals surface area (Å²) >= 11 is 6.05. The third kappa shape index (κ3) is 4.97. The van der Waals surface area contributed by atoms with E-state index in [1.54, 1.807) is 0 Å². The Morgan fingerprint density at radius 2 is 1.75 bits per heavy atom. The summed E-state index contributed by atoms with van der Waals surface area (Å²) in [6.45, 7) is 0.789. The van der Waals surface area contributed by atoms with Crippen LogP contribution < -0.4 is 15.6 Å². The molecular weight excluding hydrogens is 448 g/mol. The predicted octanol–water partition coefficient (Wildman–Crippen LogP) is 5.13. The molecule has 1 fully saturated rings. The summed E-state index contributed by atoms with van der Waals surface area (Å²) in [5.41, 5.74) is -0.987. The second-order valence-electron chi connectivity index (χ2n) is 7.68. The maximum absolute atomic E-state index is 14.7. The number of hydrogen-bond donors (Lipinski definition) is 1. The topological polar surface area (TPSA) is 43.3 Å². The second-order valence-corrected chi connectivity index (χ2v) is 8.05. The van der Waals surface area contributed by atoms with E-state index >= 15 is 0 Å². The normalized spacial score (nSPS) is 13.4. The van der Waals surface area contributed by atoms with Crippen molar-refractivity contribution in [3.8, 4) is 11.4 Å². The smallest absolute Gasteiger partial charge is 0.277 e. The number of aromatic nitrogens is 1. The number of rotatable bonds is 8. The molecule has 0 spiro atoms. The molecule has 0 unspecified atom stereocenters. The largest absolute Gasteiger partial charge is 0.487 e. The van der Waals surface area contributed by atoms with Gasteiger partial charge in [0.1, 0.15) is 34.7 Å². The number of pyridine rings is 1. The van der Waals surface area contributed by atoms with E-state index in [1.165, 1.54) is 24.3 Å². The Morgan fingerprint density at radius 1 is 1.03 bits per heavy atom. The monoisotopic (exact) mass is 466 g/mol. The van der Waals surface area contributed by atoms with Crippen LogP contribution in [0.4, 0.5) is 17.6 Å². The predicted molar refractivity (Wildman–Crippen MR) is 112 cm³/mol. The molecule has 0 bridgehead atoms. The first kappa shape index (κ1) is 22.4. The van der Waals surface area contributed by atoms with Crippen LogP contribution >= 0.6 is 11.6 Å². The highest BCUT2D eigenvalue weighted by Crippen LogP contribution is 2.28. The van der Waals surface area contributed by atoms with E-state index in [0.717, 1.165) is 36.2 Å². The molecule has 0 atom stereocenters. The molecule has 0 radical (unpaired) electrons. The van der Waals surface area contributed by atoms with Crippen molar-refractivity contribution in [2.75, 3.05) is 6.54 Å². The summed E-state index contributed by atoms with van der Waals surface area (Å²) < 4.78 is 62.2. The van der Waals surface area contributed by atoms with E-state index in [1.807, 2.05) is 0 Å². The van der Waals surface area contributed by atoms with E-state index in [-0.39, 0.29) is 17.9 Å². The number of benzene rings is 2. The molecule has 32 heavy (non-hydrogen) atoms. The van der Waals surface area contributed by atoms with Gasteiger partial charge in [-0.25, -0.2) is 17.6 Å². The number of halogens is 5. The molecule has 1 saturated carbocycles. The molecular formula is C23H19ClF4N2O2. The molecule has 0 aliphatic heterocycles. The third-order valence-electron chi connectivity index (χ3n) is 5.17. The van der Waals surface area contributed by atoms with Crippen LogP contribution in [0.1, 0.15) is 24.0 Å². The van der Waals surface area contributed by atoms with Gasteiger partial charge in [-0.2, -0.15) is 0 Å². The minimum atomic E-state index is -0.909. The van der Waals surface area contributed by atoms with Crippen molar-refractivity contribution in [3.05, 3.63) is 92.4 Å². The molecule has 9 heteroatoms. The van der Waals surface area contributed by atoms with Gasteiger partial charge in [0.2, 0.25) is 0 Å². The molecule has 1 aliphatic carbocycles. The minimum Gasteiger partial charge on any atom is -0.487 e. The van der Waals surface area contributed by atoms with E-state index in [9.17, 15) is 22.4 Å². The number of nitrogens with one attached hydrogen (secondary N) is 1. The summed E-state index contributed by atoms with van der Waals surface area (Å²) in [6, 6.07) is 6.55. The minimum absolute atomic E-state index is 0.0506. The molecule has 4 rings (SSSR count). The molecule has 1 N–H and O–H groups in total. The first-order valence-corrected chi connectivity index (χ1v) is 10.4. The summed E-state index contributed by atoms with van der Waals surface area (Å²) in [5.74, 6) is -2.84. The molecule has 1 aliphatic rings. The fourth-order valence-electron chi connectivity index (χ4n) is 3.27. The van der Waals surface area contributed by atoms with Crippen molar-refractivity contribution in [1.82, 2.24) is 9.88 Å². The highest BCUT2D eigenvalue weighted by atomic mass is 35.5. The second kappa shape index (κ2) is 9.34. The van der Waals surface area contributed by atoms with Gasteiger partial charge in [-0.1, -0.05) is 11.6 Å². The Kier molecular flexibility index (Phi) is 6.53. The van der Waals surface area contributed by atoms with Gasteiger partial charge in [0.15, 0.2) is 11.6 Å². The highest BCUT2D eigenvalue weighted by Gasteiger charge is 2.21. The molecule has 0 saturated heterocycles. The molecule has 2 aromatic carbocycles. The van der Waals surface area contributed by atoms with Gasteiger partial charge in [0.25, 0.3) is 5.56 Å². The maximum Gasteiger partial charge on any atom is 0.277 e. The lowest BCUT2D eigenvalue weighted by Crippen LogP contribution is -2.22. The number of hydrogen-bond acceptors (Lipinski definition) is 3. The van der Waals surface area contributed by atoms with Crippen LogP contribution in [0.3, 0.4) is 0 Å². The van der Waals surface area contributed by atoms with Crippen molar-refractivity contribution in [2.45, 2.75) is 26.0 Å². The van der Waals surface area contributed by atoms with Crippen molar-refractivity contribution in [3.63, 3.8) is 0 Å². The summed E-state index contributed by atoms with van der Waals surface area (Å²) in [5, 5.41) is 2.73. The molecule has 1 heterocycles. The molecule has 0 amide bonds. The molecule has 3 aromatic rings. The van der Waals surface area contributed by atoms with Gasteiger partial charge in [-0.05, 0) is 61.2 Å². The van der Waals surface area contributed by atoms with E-state index in [2.05, 4.69) is 5.32 Å². The summed E-state index contributed by atoms with van der Waals surface area (Å²) in [7, 11) is 0. The maximum atomic E-state index is 14.7. The lowest BCUT2D eigenvalue weighted by atomic mass is 10.1. The van der Waals surface area contributed by atoms with E-state index < -0.39 is 39.5 Å². The highest BCUT2D eigenvalue weighted by molar-refractivity contribution is 6.31. The Labute approximate surface area is 186 Å². The zero-order valence-electron chi connectivity index (χ0n) is 16.8. The van der Waals surface area contributed by atoms with Crippen molar-refractivity contribution < 1.29 is 22.3 Å². The van der Waals surface area contributed by atoms with Crippen LogP contribution in [0.15, 0.2) is 47.4 Å². The van der Waals surface area contributed by atoms with Crippen molar-refractivity contribution >= 4 is 11.6 Å². The summed E-state index contributed by atoms with van der Waals surface area (Å²) in [4.78, 5) is 12.6. The van der Waals surface area contributed by atoms with Crippen LogP contribution in [-0.2, 0) is 13.2 Å². The Bertz CT molecular complexity index is 1190. The molecule has 168 valence electrons. The zero-order chi connectivity index (χ0) is 22.8. The Balaban J connectivity index is 1.54.